The number of aliphatic carboxylic acids is 1. The lowest BCUT2D eigenvalue weighted by Crippen LogP contribution is -2.72. The van der Waals surface area contributed by atoms with Crippen LogP contribution in [0.3, 0.4) is 0 Å². The molecule has 0 radical (unpaired) electrons. The van der Waals surface area contributed by atoms with Crippen molar-refractivity contribution in [3.05, 3.63) is 21.4 Å². The molecule has 2 saturated heterocycles. The lowest BCUT2D eigenvalue weighted by molar-refractivity contribution is -0.159. The van der Waals surface area contributed by atoms with Crippen LogP contribution in [0.5, 0.6) is 5.88 Å². The molecule has 0 spiro atoms. The summed E-state index contributed by atoms with van der Waals surface area (Å²) in [5.41, 5.74) is 3.35. The number of aromatic nitrogens is 4. The number of rotatable bonds is 8. The molecule has 18 heteroatoms. The van der Waals surface area contributed by atoms with E-state index in [2.05, 4.69) is 30.5 Å². The number of anilines is 1. The van der Waals surface area contributed by atoms with E-state index in [9.17, 15) is 29.4 Å². The molecule has 15 nitrogen and oxygen atoms in total. The van der Waals surface area contributed by atoms with Gasteiger partial charge in [0.1, 0.15) is 18.7 Å². The molecule has 0 aliphatic carbocycles. The van der Waals surface area contributed by atoms with Crippen LogP contribution in [0.4, 0.5) is 5.13 Å². The Hall–Kier alpha value is -3.38. The summed E-state index contributed by atoms with van der Waals surface area (Å²) in [6, 6.07) is 0. The summed E-state index contributed by atoms with van der Waals surface area (Å²) >= 11 is 2.99. The number of thioether (sulfide) groups is 2. The predicted molar refractivity (Wildman–Crippen MR) is 129 cm³/mol. The van der Waals surface area contributed by atoms with Crippen molar-refractivity contribution in [2.75, 3.05) is 25.1 Å². The van der Waals surface area contributed by atoms with Gasteiger partial charge in [-0.1, -0.05) is 16.9 Å². The van der Waals surface area contributed by atoms with Crippen LogP contribution in [0.1, 0.15) is 12.1 Å². The van der Waals surface area contributed by atoms with Gasteiger partial charge in [0, 0.05) is 24.7 Å². The van der Waals surface area contributed by atoms with Crippen LogP contribution in [0, 0.1) is 5.41 Å². The molecule has 2 amide bonds. The molecule has 36 heavy (non-hydrogen) atoms. The van der Waals surface area contributed by atoms with E-state index in [0.29, 0.717) is 0 Å². The number of hydrogen-bond acceptors (Lipinski definition) is 14. The van der Waals surface area contributed by atoms with E-state index < -0.39 is 39.0 Å². The summed E-state index contributed by atoms with van der Waals surface area (Å²) < 4.78 is 1.02. The van der Waals surface area contributed by atoms with Gasteiger partial charge in [-0.25, -0.2) is 4.98 Å². The molecular formula is C18H20N8O7S3. The van der Waals surface area contributed by atoms with Gasteiger partial charge in [-0.2, -0.15) is 0 Å². The van der Waals surface area contributed by atoms with Crippen LogP contribution >= 0.6 is 34.9 Å². The monoisotopic (exact) mass is 556 g/mol. The van der Waals surface area contributed by atoms with E-state index in [4.69, 9.17) is 5.73 Å². The Morgan fingerprint density at radius 2 is 2.19 bits per heavy atom. The Balaban J connectivity index is 1.86. The highest BCUT2D eigenvalue weighted by Crippen LogP contribution is 2.59. The van der Waals surface area contributed by atoms with Crippen LogP contribution in [0.15, 0.2) is 20.5 Å². The summed E-state index contributed by atoms with van der Waals surface area (Å²) in [6.45, 7) is -0.273. The average Bonchev–Trinajstić information content (AvgIpc) is 3.28. The number of amides is 2. The molecule has 4 heterocycles. The maximum Gasteiger partial charge on any atom is 0.316 e. The largest absolute Gasteiger partial charge is 0.488 e. The first-order valence-electron chi connectivity index (χ1n) is 10.1. The van der Waals surface area contributed by atoms with E-state index >= 15 is 0 Å². The molecule has 2 unspecified atom stereocenters. The molecule has 2 aromatic heterocycles. The zero-order chi connectivity index (χ0) is 26.3. The van der Waals surface area contributed by atoms with Crippen molar-refractivity contribution in [3.63, 3.8) is 0 Å². The number of carboxylic acid groups (broad SMARTS) is 1. The second-order valence-electron chi connectivity index (χ2n) is 7.80. The van der Waals surface area contributed by atoms with Gasteiger partial charge in [0.05, 0.1) is 17.5 Å². The van der Waals surface area contributed by atoms with Crippen molar-refractivity contribution in [1.82, 2.24) is 30.0 Å². The van der Waals surface area contributed by atoms with Crippen LogP contribution < -0.4 is 16.6 Å². The lowest BCUT2D eigenvalue weighted by atomic mass is 9.77. The van der Waals surface area contributed by atoms with Crippen molar-refractivity contribution in [1.29, 1.82) is 0 Å². The zero-order valence-electron chi connectivity index (χ0n) is 18.8. The second-order valence-corrected chi connectivity index (χ2v) is 11.0. The van der Waals surface area contributed by atoms with Gasteiger partial charge in [-0.15, -0.1) is 33.3 Å². The highest BCUT2D eigenvalue weighted by Gasteiger charge is 2.68. The van der Waals surface area contributed by atoms with Gasteiger partial charge in [-0.05, 0) is 0 Å². The van der Waals surface area contributed by atoms with Crippen LogP contribution in [-0.4, -0.2) is 83.6 Å². The molecule has 2 aliphatic heterocycles. The van der Waals surface area contributed by atoms with Gasteiger partial charge in [0.25, 0.3) is 11.8 Å². The summed E-state index contributed by atoms with van der Waals surface area (Å²) in [5.74, 6) is -3.43. The number of carboxylic acids is 1. The highest BCUT2D eigenvalue weighted by molar-refractivity contribution is 8.01. The topological polar surface area (TPSA) is 215 Å². The number of fused-ring (bicyclic) bond motifs is 1. The maximum atomic E-state index is 13.1. The van der Waals surface area contributed by atoms with Gasteiger partial charge < -0.3 is 31.0 Å². The number of nitrogens with two attached hydrogens (primary N) is 1. The summed E-state index contributed by atoms with van der Waals surface area (Å²) in [4.78, 5) is 59.0. The van der Waals surface area contributed by atoms with E-state index in [1.54, 1.807) is 5.38 Å². The summed E-state index contributed by atoms with van der Waals surface area (Å²) in [5, 5.41) is 34.9. The van der Waals surface area contributed by atoms with Gasteiger partial charge >= 0.3 is 11.5 Å². The number of nitrogen functional groups attached to an aromatic ring is 1. The standard InChI is InChI=1S/C18H20N8O7S3/c1-25-13(30)12(29)23-24-16(25)35-7-17(14(31)32)6-26-10(28)3-11(26)36-18(17,8-5-34-15(19)21-8)22-9(27)4-20-33-2/h4-5,11H,3,6-7H2,1-2H3,(H2,19,21)(H,22,27)(H,23,29)(H,31,32)/t11-,17?,18?/m1/s1. The number of thiazole rings is 1. The minimum absolute atomic E-state index is 0.0134. The molecule has 0 bridgehead atoms. The first kappa shape index (κ1) is 25.7. The predicted octanol–water partition coefficient (Wildman–Crippen LogP) is -1.01. The Labute approximate surface area is 215 Å². The Morgan fingerprint density at radius 1 is 1.44 bits per heavy atom. The third kappa shape index (κ3) is 4.13. The summed E-state index contributed by atoms with van der Waals surface area (Å²) in [7, 11) is 2.59. The van der Waals surface area contributed by atoms with Crippen molar-refractivity contribution in [2.45, 2.75) is 21.8 Å². The third-order valence-electron chi connectivity index (χ3n) is 5.77. The Bertz CT molecular complexity index is 1320. The minimum Gasteiger partial charge on any atom is -0.488 e. The molecule has 5 N–H and O–H groups in total. The molecule has 0 saturated carbocycles. The number of oxime groups is 1. The number of hydrogen-bond donors (Lipinski definition) is 4. The molecule has 0 aromatic carbocycles. The fourth-order valence-corrected chi connectivity index (χ4v) is 7.64. The molecule has 192 valence electrons. The summed E-state index contributed by atoms with van der Waals surface area (Å²) in [6.07, 6.45) is 1.00. The Morgan fingerprint density at radius 3 is 2.81 bits per heavy atom. The third-order valence-corrected chi connectivity index (χ3v) is 9.45. The minimum atomic E-state index is -1.89. The zero-order valence-corrected chi connectivity index (χ0v) is 21.2. The van der Waals surface area contributed by atoms with E-state index in [1.165, 1.54) is 19.1 Å². The first-order chi connectivity index (χ1) is 17.0. The quantitative estimate of drug-likeness (QED) is 0.133. The van der Waals surface area contributed by atoms with Crippen LogP contribution in [0.25, 0.3) is 0 Å². The van der Waals surface area contributed by atoms with Crippen molar-refractivity contribution < 1.29 is 29.4 Å². The van der Waals surface area contributed by atoms with E-state index in [1.807, 2.05) is 0 Å². The van der Waals surface area contributed by atoms with Gasteiger partial charge in [0.2, 0.25) is 5.91 Å². The molecular weight excluding hydrogens is 536 g/mol. The molecule has 4 rings (SSSR count). The normalized spacial score (nSPS) is 25.3. The number of nitrogens with one attached hydrogen (secondary N) is 1. The van der Waals surface area contributed by atoms with Crippen molar-refractivity contribution in [2.24, 2.45) is 17.6 Å². The molecule has 3 atom stereocenters. The fraction of sp³-hybridized carbons (Fsp3) is 0.444. The number of carbonyl (C=O) groups excluding carboxylic acids is 2. The number of carbonyl (C=O) groups is 3. The van der Waals surface area contributed by atoms with Crippen LogP contribution in [-0.2, 0) is 31.1 Å². The molecule has 2 aromatic rings. The van der Waals surface area contributed by atoms with Crippen LogP contribution in [0.2, 0.25) is 0 Å². The molecule has 2 fully saturated rings. The van der Waals surface area contributed by atoms with Crippen molar-refractivity contribution >= 4 is 64.0 Å². The highest BCUT2D eigenvalue weighted by atomic mass is 32.2. The second kappa shape index (κ2) is 9.58. The average molecular weight is 557 g/mol. The molecule has 2 aliphatic rings. The smallest absolute Gasteiger partial charge is 0.316 e. The first-order valence-corrected chi connectivity index (χ1v) is 12.9. The number of aromatic hydroxyl groups is 1. The van der Waals surface area contributed by atoms with E-state index in [0.717, 1.165) is 45.6 Å². The number of nitrogens with zero attached hydrogens (tertiary/aromatic N) is 6. The van der Waals surface area contributed by atoms with Gasteiger partial charge in [0.15, 0.2) is 15.2 Å². The fourth-order valence-electron chi connectivity index (χ4n) is 3.89. The lowest BCUT2D eigenvalue weighted by Gasteiger charge is -2.58. The van der Waals surface area contributed by atoms with Crippen molar-refractivity contribution in [3.8, 4) is 5.88 Å². The SMILES string of the molecule is CON=CC(=O)NC1(c2csc(N)n2)S[C@@H]2CC(=O)N2CC1(CSc1nnc(O)c(=O)n1C)C(=O)O. The van der Waals surface area contributed by atoms with Gasteiger partial charge in [-0.3, -0.25) is 23.7 Å². The Kier molecular flexibility index (Phi) is 6.84. The maximum absolute atomic E-state index is 13.1. The number of β-lactam (4-membered cyclic amide) rings is 1. The van der Waals surface area contributed by atoms with E-state index in [-0.39, 0.29) is 40.6 Å².